The molecule has 0 radical (unpaired) electrons. The van der Waals surface area contributed by atoms with Gasteiger partial charge in [-0.15, -0.1) is 0 Å². The fourth-order valence-electron chi connectivity index (χ4n) is 1.45. The summed E-state index contributed by atoms with van der Waals surface area (Å²) in [5.41, 5.74) is -0.0860. The molecule has 9 heteroatoms. The van der Waals surface area contributed by atoms with Crippen molar-refractivity contribution in [2.75, 3.05) is 0 Å². The molecule has 1 aliphatic rings. The van der Waals surface area contributed by atoms with Gasteiger partial charge in [-0.3, -0.25) is 14.9 Å². The standard InChI is InChI=1S/C12H6Cl2N2O4S/c13-10-5-8(17)6-11(14)12(10)15-21(20)9-3-1-7(2-4-9)16(18)19/h1-6H. The minimum Gasteiger partial charge on any atom is -0.290 e. The van der Waals surface area contributed by atoms with Crippen LogP contribution in [-0.4, -0.2) is 20.6 Å². The van der Waals surface area contributed by atoms with E-state index in [-0.39, 0.29) is 32.1 Å². The largest absolute Gasteiger partial charge is 0.290 e. The number of nitro groups is 1. The molecule has 1 aromatic rings. The fraction of sp³-hybridized carbons (Fsp3) is 0. The third kappa shape index (κ3) is 3.63. The van der Waals surface area contributed by atoms with Gasteiger partial charge in [-0.2, -0.15) is 4.40 Å². The second kappa shape index (κ2) is 6.30. The first-order valence-electron chi connectivity index (χ1n) is 5.42. The van der Waals surface area contributed by atoms with Gasteiger partial charge >= 0.3 is 0 Å². The molecule has 0 saturated heterocycles. The van der Waals surface area contributed by atoms with Gasteiger partial charge in [-0.05, 0) is 12.1 Å². The van der Waals surface area contributed by atoms with Gasteiger partial charge in [-0.1, -0.05) is 23.2 Å². The Bertz CT molecular complexity index is 714. The van der Waals surface area contributed by atoms with Gasteiger partial charge in [0.15, 0.2) is 16.8 Å². The highest BCUT2D eigenvalue weighted by Gasteiger charge is 2.18. The van der Waals surface area contributed by atoms with Crippen molar-refractivity contribution < 1.29 is 13.9 Å². The van der Waals surface area contributed by atoms with E-state index in [0.717, 1.165) is 12.2 Å². The number of rotatable bonds is 3. The monoisotopic (exact) mass is 344 g/mol. The number of ketones is 1. The summed E-state index contributed by atoms with van der Waals surface area (Å²) in [5, 5.41) is 10.5. The lowest BCUT2D eigenvalue weighted by Crippen LogP contribution is -2.09. The minimum absolute atomic E-state index is 0.0113. The summed E-state index contributed by atoms with van der Waals surface area (Å²) in [7, 11) is -1.85. The Hall–Kier alpha value is -1.83. The van der Waals surface area contributed by atoms with E-state index >= 15 is 0 Å². The summed E-state index contributed by atoms with van der Waals surface area (Å²) >= 11 is 11.7. The van der Waals surface area contributed by atoms with E-state index in [0.29, 0.717) is 0 Å². The van der Waals surface area contributed by atoms with Gasteiger partial charge in [0.25, 0.3) is 5.69 Å². The van der Waals surface area contributed by atoms with Gasteiger partial charge in [0.2, 0.25) is 0 Å². The Labute approximate surface area is 131 Å². The summed E-state index contributed by atoms with van der Waals surface area (Å²) in [4.78, 5) is 21.4. The number of halogens is 2. The Kier molecular flexibility index (Phi) is 4.66. The van der Waals surface area contributed by atoms with E-state index in [2.05, 4.69) is 4.40 Å². The van der Waals surface area contributed by atoms with E-state index in [1.54, 1.807) is 0 Å². The van der Waals surface area contributed by atoms with E-state index in [1.807, 2.05) is 0 Å². The van der Waals surface area contributed by atoms with Crippen molar-refractivity contribution in [3.63, 3.8) is 0 Å². The van der Waals surface area contributed by atoms with Crippen molar-refractivity contribution in [2.45, 2.75) is 4.90 Å². The molecule has 1 atom stereocenters. The maximum Gasteiger partial charge on any atom is 0.269 e. The minimum atomic E-state index is -1.85. The summed E-state index contributed by atoms with van der Waals surface area (Å²) in [6.45, 7) is 0. The Morgan fingerprint density at radius 3 is 2.10 bits per heavy atom. The van der Waals surface area contributed by atoms with Crippen molar-refractivity contribution in [2.24, 2.45) is 4.40 Å². The van der Waals surface area contributed by atoms with Crippen LogP contribution in [0.15, 0.2) is 55.8 Å². The summed E-state index contributed by atoms with van der Waals surface area (Å²) in [5.74, 6) is -0.384. The smallest absolute Gasteiger partial charge is 0.269 e. The molecule has 0 aliphatic heterocycles. The number of carbonyl (C=O) groups excluding carboxylic acids is 1. The molecule has 1 unspecified atom stereocenters. The fourth-order valence-corrected chi connectivity index (χ4v) is 2.94. The predicted octanol–water partition coefficient (Wildman–Crippen LogP) is 2.89. The van der Waals surface area contributed by atoms with E-state index in [9.17, 15) is 19.1 Å². The van der Waals surface area contributed by atoms with Gasteiger partial charge in [-0.25, -0.2) is 4.21 Å². The lowest BCUT2D eigenvalue weighted by Gasteiger charge is -2.07. The van der Waals surface area contributed by atoms with Crippen LogP contribution in [0.2, 0.25) is 0 Å². The van der Waals surface area contributed by atoms with Gasteiger partial charge in [0, 0.05) is 24.3 Å². The first-order valence-corrected chi connectivity index (χ1v) is 7.29. The van der Waals surface area contributed by atoms with Gasteiger partial charge < -0.3 is 0 Å². The number of allylic oxidation sites excluding steroid dienone is 4. The number of hydrogen-bond acceptors (Lipinski definition) is 4. The summed E-state index contributed by atoms with van der Waals surface area (Å²) in [6.07, 6.45) is 2.22. The zero-order valence-electron chi connectivity index (χ0n) is 10.2. The van der Waals surface area contributed by atoms with Crippen molar-refractivity contribution in [3.8, 4) is 0 Å². The quantitative estimate of drug-likeness (QED) is 0.479. The highest BCUT2D eigenvalue weighted by atomic mass is 35.5. The van der Waals surface area contributed by atoms with Crippen LogP contribution in [0.25, 0.3) is 0 Å². The average molecular weight is 345 g/mol. The Balaban J connectivity index is 2.30. The van der Waals surface area contributed by atoms with Crippen LogP contribution >= 0.6 is 23.2 Å². The molecule has 0 spiro atoms. The molecular formula is C12H6Cl2N2O4S. The van der Waals surface area contributed by atoms with Crippen molar-refractivity contribution in [1.29, 1.82) is 0 Å². The second-order valence-electron chi connectivity index (χ2n) is 3.83. The molecule has 21 heavy (non-hydrogen) atoms. The SMILES string of the molecule is O=C1C=C(Cl)C(=NS(=O)c2ccc([N+](=O)[O-])cc2)C(Cl)=C1. The lowest BCUT2D eigenvalue weighted by atomic mass is 10.1. The average Bonchev–Trinajstić information content (AvgIpc) is 2.42. The maximum absolute atomic E-state index is 12.1. The molecule has 0 amide bonds. The van der Waals surface area contributed by atoms with Crippen molar-refractivity contribution in [3.05, 3.63) is 56.6 Å². The number of nitro benzene ring substituents is 1. The number of hydrogen-bond donors (Lipinski definition) is 0. The number of non-ortho nitro benzene ring substituents is 1. The van der Waals surface area contributed by atoms with Crippen LogP contribution in [-0.2, 0) is 15.8 Å². The van der Waals surface area contributed by atoms with Crippen LogP contribution in [0.1, 0.15) is 0 Å². The third-order valence-corrected chi connectivity index (χ3v) is 4.01. The highest BCUT2D eigenvalue weighted by molar-refractivity contribution is 7.84. The molecule has 0 bridgehead atoms. The molecule has 0 N–H and O–H groups in total. The Morgan fingerprint density at radius 2 is 1.62 bits per heavy atom. The van der Waals surface area contributed by atoms with Gasteiger partial charge in [0.05, 0.1) is 19.9 Å². The first kappa shape index (κ1) is 15.6. The maximum atomic E-state index is 12.1. The zero-order valence-corrected chi connectivity index (χ0v) is 12.5. The molecule has 0 aromatic heterocycles. The molecule has 1 aromatic carbocycles. The summed E-state index contributed by atoms with van der Waals surface area (Å²) in [6, 6.07) is 5.07. The lowest BCUT2D eigenvalue weighted by molar-refractivity contribution is -0.384. The van der Waals surface area contributed by atoms with E-state index in [1.165, 1.54) is 24.3 Å². The number of nitrogens with zero attached hydrogens (tertiary/aromatic N) is 2. The molecule has 1 aliphatic carbocycles. The molecule has 0 saturated carbocycles. The highest BCUT2D eigenvalue weighted by Crippen LogP contribution is 2.23. The Morgan fingerprint density at radius 1 is 1.10 bits per heavy atom. The van der Waals surface area contributed by atoms with E-state index in [4.69, 9.17) is 23.2 Å². The molecule has 0 heterocycles. The van der Waals surface area contributed by atoms with Crippen molar-refractivity contribution in [1.82, 2.24) is 0 Å². The molecule has 108 valence electrons. The number of benzene rings is 1. The first-order chi connectivity index (χ1) is 9.88. The van der Waals surface area contributed by atoms with Crippen LogP contribution in [0, 0.1) is 10.1 Å². The molecular weight excluding hydrogens is 339 g/mol. The van der Waals surface area contributed by atoms with Crippen LogP contribution in [0.5, 0.6) is 0 Å². The zero-order chi connectivity index (χ0) is 15.6. The normalized spacial score (nSPS) is 16.1. The van der Waals surface area contributed by atoms with Crippen LogP contribution in [0.4, 0.5) is 5.69 Å². The topological polar surface area (TPSA) is 89.6 Å². The second-order valence-corrected chi connectivity index (χ2v) is 5.79. The predicted molar refractivity (Wildman–Crippen MR) is 79.8 cm³/mol. The number of carbonyl (C=O) groups is 1. The van der Waals surface area contributed by atoms with E-state index < -0.39 is 15.9 Å². The van der Waals surface area contributed by atoms with Crippen LogP contribution in [0.3, 0.4) is 0 Å². The summed E-state index contributed by atoms with van der Waals surface area (Å²) < 4.78 is 15.9. The molecule has 6 nitrogen and oxygen atoms in total. The van der Waals surface area contributed by atoms with Crippen molar-refractivity contribution >= 4 is 51.4 Å². The molecule has 2 rings (SSSR count). The van der Waals surface area contributed by atoms with Crippen LogP contribution < -0.4 is 0 Å². The van der Waals surface area contributed by atoms with Gasteiger partial charge in [0.1, 0.15) is 5.71 Å². The third-order valence-electron chi connectivity index (χ3n) is 2.41. The molecule has 0 fully saturated rings.